The minimum absolute atomic E-state index is 0.0630. The molecule has 8 nitrogen and oxygen atoms in total. The monoisotopic (exact) mass is 501 g/mol. The fraction of sp³-hybridized carbons (Fsp3) is 0.185. The molecule has 0 radical (unpaired) electrons. The number of methoxy groups -OCH3 is 1. The summed E-state index contributed by atoms with van der Waals surface area (Å²) in [4.78, 5) is 29.7. The minimum Gasteiger partial charge on any atom is -0.496 e. The van der Waals surface area contributed by atoms with Crippen molar-refractivity contribution in [3.63, 3.8) is 0 Å². The first-order valence-electron chi connectivity index (χ1n) is 11.5. The number of carbonyl (C=O) groups is 1. The van der Waals surface area contributed by atoms with Crippen LogP contribution in [0, 0.1) is 10.1 Å². The predicted octanol–water partition coefficient (Wildman–Crippen LogP) is 6.81. The number of nitro groups is 1. The van der Waals surface area contributed by atoms with E-state index in [2.05, 4.69) is 10.3 Å². The predicted molar refractivity (Wildman–Crippen MR) is 140 cm³/mol. The van der Waals surface area contributed by atoms with E-state index < -0.39 is 4.92 Å². The van der Waals surface area contributed by atoms with Gasteiger partial charge in [-0.25, -0.2) is 4.99 Å². The molecule has 0 aliphatic heterocycles. The molecule has 5 rings (SSSR count). The first kappa shape index (κ1) is 23.5. The molecule has 9 heteroatoms. The number of aryl methyl sites for hydroxylation is 1. The summed E-state index contributed by atoms with van der Waals surface area (Å²) in [5.41, 5.74) is 2.98. The number of hydrogen-bond donors (Lipinski definition) is 1. The van der Waals surface area contributed by atoms with Crippen molar-refractivity contribution in [3.05, 3.63) is 92.5 Å². The van der Waals surface area contributed by atoms with E-state index in [0.29, 0.717) is 33.4 Å². The average Bonchev–Trinajstić information content (AvgIpc) is 3.52. The quantitative estimate of drug-likeness (QED) is 0.170. The van der Waals surface area contributed by atoms with Crippen LogP contribution in [0.25, 0.3) is 11.3 Å². The average molecular weight is 502 g/mol. The number of rotatable bonds is 7. The van der Waals surface area contributed by atoms with Crippen LogP contribution >= 0.6 is 11.3 Å². The number of furan rings is 1. The number of nitrogens with zero attached hydrogens (tertiary/aromatic N) is 2. The summed E-state index contributed by atoms with van der Waals surface area (Å²) in [5, 5.41) is 14.7. The standard InChI is InChI=1S/C27H23N3O5S/c1-34-23-15-18(30(32)33)11-13-20(23)22-14-12-19(35-22)16-28-27-25(21-9-5-6-10-24(21)36-27)26(31)29-17-7-3-2-4-8-17/h2-4,7-8,11-16H,5-6,9-10H2,1H3,(H,29,31). The van der Waals surface area contributed by atoms with Crippen molar-refractivity contribution in [2.45, 2.75) is 25.7 Å². The highest BCUT2D eigenvalue weighted by molar-refractivity contribution is 7.16. The summed E-state index contributed by atoms with van der Waals surface area (Å²) < 4.78 is 11.3. The van der Waals surface area contributed by atoms with Gasteiger partial charge in [-0.3, -0.25) is 14.9 Å². The molecule has 0 atom stereocenters. The van der Waals surface area contributed by atoms with Gasteiger partial charge >= 0.3 is 0 Å². The third-order valence-corrected chi connectivity index (χ3v) is 7.21. The Kier molecular flexibility index (Phi) is 6.64. The number of amides is 1. The van der Waals surface area contributed by atoms with E-state index in [1.165, 1.54) is 24.1 Å². The molecule has 36 heavy (non-hydrogen) atoms. The van der Waals surface area contributed by atoms with Gasteiger partial charge in [-0.1, -0.05) is 18.2 Å². The van der Waals surface area contributed by atoms with Crippen LogP contribution in [0.1, 0.15) is 39.4 Å². The van der Waals surface area contributed by atoms with Crippen molar-refractivity contribution in [1.29, 1.82) is 0 Å². The van der Waals surface area contributed by atoms with E-state index in [1.54, 1.807) is 35.8 Å². The Balaban J connectivity index is 1.43. The van der Waals surface area contributed by atoms with E-state index in [0.717, 1.165) is 36.9 Å². The number of ether oxygens (including phenoxy) is 1. The summed E-state index contributed by atoms with van der Waals surface area (Å²) in [6, 6.07) is 17.3. The molecular formula is C27H23N3O5S. The zero-order valence-corrected chi connectivity index (χ0v) is 20.3. The SMILES string of the molecule is COc1cc([N+](=O)[O-])ccc1-c1ccc(C=Nc2sc3c(c2C(=O)Nc2ccccc2)CCCC3)o1. The van der Waals surface area contributed by atoms with Crippen LogP contribution in [0.2, 0.25) is 0 Å². The van der Waals surface area contributed by atoms with Gasteiger partial charge < -0.3 is 14.5 Å². The Morgan fingerprint density at radius 1 is 1.14 bits per heavy atom. The number of non-ortho nitro benzene ring substituents is 1. The van der Waals surface area contributed by atoms with Crippen LogP contribution in [0.5, 0.6) is 5.75 Å². The Bertz CT molecular complexity index is 1460. The number of anilines is 1. The molecule has 2 aromatic heterocycles. The molecule has 1 aliphatic rings. The van der Waals surface area contributed by atoms with Crippen LogP contribution < -0.4 is 10.1 Å². The maximum atomic E-state index is 13.3. The summed E-state index contributed by atoms with van der Waals surface area (Å²) in [6.07, 6.45) is 5.57. The highest BCUT2D eigenvalue weighted by atomic mass is 32.1. The number of carbonyl (C=O) groups excluding carboxylic acids is 1. The molecule has 2 heterocycles. The van der Waals surface area contributed by atoms with Crippen LogP contribution in [-0.2, 0) is 12.8 Å². The first-order chi connectivity index (χ1) is 17.5. The number of thiophene rings is 1. The normalized spacial score (nSPS) is 12.9. The Labute approximate surface area is 211 Å². The van der Waals surface area contributed by atoms with E-state index >= 15 is 0 Å². The van der Waals surface area contributed by atoms with Gasteiger partial charge in [-0.15, -0.1) is 11.3 Å². The molecule has 2 aromatic carbocycles. The Hall–Kier alpha value is -4.24. The maximum Gasteiger partial charge on any atom is 0.273 e. The van der Waals surface area contributed by atoms with E-state index in [-0.39, 0.29) is 11.6 Å². The van der Waals surface area contributed by atoms with Gasteiger partial charge in [0.05, 0.1) is 35.4 Å². The van der Waals surface area contributed by atoms with Gasteiger partial charge in [0.15, 0.2) is 0 Å². The zero-order valence-electron chi connectivity index (χ0n) is 19.5. The lowest BCUT2D eigenvalue weighted by molar-refractivity contribution is -0.384. The van der Waals surface area contributed by atoms with Gasteiger partial charge in [0.25, 0.3) is 11.6 Å². The number of hydrogen-bond acceptors (Lipinski definition) is 7. The largest absolute Gasteiger partial charge is 0.496 e. The lowest BCUT2D eigenvalue weighted by Gasteiger charge is -2.12. The fourth-order valence-corrected chi connectivity index (χ4v) is 5.51. The number of fused-ring (bicyclic) bond motifs is 1. The van der Waals surface area contributed by atoms with Crippen molar-refractivity contribution in [2.75, 3.05) is 12.4 Å². The topological polar surface area (TPSA) is 107 Å². The van der Waals surface area contributed by atoms with Crippen LogP contribution in [0.15, 0.2) is 70.1 Å². The van der Waals surface area contributed by atoms with Crippen LogP contribution in [0.4, 0.5) is 16.4 Å². The number of nitro benzene ring substituents is 1. The lowest BCUT2D eigenvalue weighted by Crippen LogP contribution is -2.14. The molecule has 182 valence electrons. The molecule has 1 amide bonds. The van der Waals surface area contributed by atoms with Gasteiger partial charge in [0.1, 0.15) is 22.3 Å². The van der Waals surface area contributed by atoms with Crippen molar-refractivity contribution in [3.8, 4) is 17.1 Å². The highest BCUT2D eigenvalue weighted by Crippen LogP contribution is 2.40. The molecule has 0 bridgehead atoms. The second kappa shape index (κ2) is 10.2. The maximum absolute atomic E-state index is 13.3. The zero-order chi connectivity index (χ0) is 25.1. The molecular weight excluding hydrogens is 478 g/mol. The number of aliphatic imine (C=N–C) groups is 1. The van der Waals surface area contributed by atoms with Crippen LogP contribution in [0.3, 0.4) is 0 Å². The molecule has 4 aromatic rings. The van der Waals surface area contributed by atoms with Crippen molar-refractivity contribution in [2.24, 2.45) is 4.99 Å². The molecule has 0 spiro atoms. The number of benzene rings is 2. The van der Waals surface area contributed by atoms with Gasteiger partial charge in [0.2, 0.25) is 0 Å². The number of para-hydroxylation sites is 1. The minimum atomic E-state index is -0.474. The Morgan fingerprint density at radius 3 is 2.72 bits per heavy atom. The molecule has 0 saturated carbocycles. The summed E-state index contributed by atoms with van der Waals surface area (Å²) >= 11 is 1.55. The van der Waals surface area contributed by atoms with Crippen molar-refractivity contribution >= 4 is 39.8 Å². The number of nitrogens with one attached hydrogen (secondary N) is 1. The summed E-state index contributed by atoms with van der Waals surface area (Å²) in [7, 11) is 1.45. The van der Waals surface area contributed by atoms with Gasteiger partial charge in [0, 0.05) is 16.6 Å². The second-order valence-electron chi connectivity index (χ2n) is 8.31. The molecule has 0 saturated heterocycles. The molecule has 1 aliphatic carbocycles. The highest BCUT2D eigenvalue weighted by Gasteiger charge is 2.25. The van der Waals surface area contributed by atoms with Crippen molar-refractivity contribution in [1.82, 2.24) is 0 Å². The van der Waals surface area contributed by atoms with E-state index in [9.17, 15) is 14.9 Å². The van der Waals surface area contributed by atoms with Gasteiger partial charge in [-0.05, 0) is 61.6 Å². The molecule has 0 fully saturated rings. The third kappa shape index (κ3) is 4.78. The van der Waals surface area contributed by atoms with Gasteiger partial charge in [-0.2, -0.15) is 0 Å². The van der Waals surface area contributed by atoms with E-state index in [1.807, 2.05) is 30.3 Å². The second-order valence-corrected chi connectivity index (χ2v) is 9.40. The van der Waals surface area contributed by atoms with Crippen LogP contribution in [-0.4, -0.2) is 24.2 Å². The first-order valence-corrected chi connectivity index (χ1v) is 12.3. The molecule has 1 N–H and O–H groups in total. The smallest absolute Gasteiger partial charge is 0.273 e. The summed E-state index contributed by atoms with van der Waals surface area (Å²) in [5.74, 6) is 1.17. The molecule has 0 unspecified atom stereocenters. The lowest BCUT2D eigenvalue weighted by atomic mass is 9.95. The van der Waals surface area contributed by atoms with E-state index in [4.69, 9.17) is 9.15 Å². The fourth-order valence-electron chi connectivity index (χ4n) is 4.28. The third-order valence-electron chi connectivity index (χ3n) is 6.01. The van der Waals surface area contributed by atoms with Crippen molar-refractivity contribution < 1.29 is 18.9 Å². The summed E-state index contributed by atoms with van der Waals surface area (Å²) in [6.45, 7) is 0. The Morgan fingerprint density at radius 2 is 1.94 bits per heavy atom.